The third kappa shape index (κ3) is 4.44. The Morgan fingerprint density at radius 3 is 2.26 bits per heavy atom. The molecule has 0 unspecified atom stereocenters. The van der Waals surface area contributed by atoms with Crippen LogP contribution in [0.3, 0.4) is 0 Å². The molecule has 0 saturated carbocycles. The fourth-order valence-corrected chi connectivity index (χ4v) is 3.64. The first-order valence-electron chi connectivity index (χ1n) is 7.51. The molecule has 3 rings (SSSR count). The predicted molar refractivity (Wildman–Crippen MR) is 107 cm³/mol. The number of thiocarbonyl (C=S) groups is 1. The second-order valence-corrected chi connectivity index (χ2v) is 7.97. The van der Waals surface area contributed by atoms with Crippen molar-refractivity contribution in [3.05, 3.63) is 74.6 Å². The summed E-state index contributed by atoms with van der Waals surface area (Å²) in [7, 11) is 0. The van der Waals surface area contributed by atoms with Crippen LogP contribution in [0.15, 0.2) is 57.9 Å². The maximum absolute atomic E-state index is 12.5. The Hall–Kier alpha value is -2.49. The molecule has 136 valence electrons. The third-order valence-corrected chi connectivity index (χ3v) is 5.39. The minimum Gasteiger partial charge on any atom is -0.545 e. The topological polar surface area (TPSA) is 89.5 Å². The molecular weight excluding hydrogens is 452 g/mol. The quantitative estimate of drug-likeness (QED) is 0.555. The molecule has 2 aromatic carbocycles. The molecule has 2 amide bonds. The second-order valence-electron chi connectivity index (χ2n) is 5.37. The smallest absolute Gasteiger partial charge is 0.285 e. The minimum atomic E-state index is -1.27. The van der Waals surface area contributed by atoms with Crippen molar-refractivity contribution in [2.45, 2.75) is 0 Å². The van der Waals surface area contributed by atoms with Crippen LogP contribution in [0.1, 0.15) is 26.3 Å². The molecule has 1 heterocycles. The van der Waals surface area contributed by atoms with Crippen molar-refractivity contribution in [3.63, 3.8) is 0 Å². The van der Waals surface area contributed by atoms with Gasteiger partial charge in [-0.3, -0.25) is 15.0 Å². The molecule has 0 bridgehead atoms. The molecule has 1 fully saturated rings. The number of hydrogen-bond acceptors (Lipinski definition) is 6. The maximum Gasteiger partial charge on any atom is 0.285 e. The van der Waals surface area contributed by atoms with Crippen LogP contribution in [-0.4, -0.2) is 27.1 Å². The van der Waals surface area contributed by atoms with Gasteiger partial charge in [0, 0.05) is 10.0 Å². The van der Waals surface area contributed by atoms with Crippen molar-refractivity contribution >= 4 is 68.1 Å². The van der Waals surface area contributed by atoms with E-state index >= 15 is 0 Å². The number of hydrogen-bond donors (Lipinski definition) is 1. The van der Waals surface area contributed by atoms with Gasteiger partial charge in [-0.1, -0.05) is 52.0 Å². The molecule has 0 aliphatic carbocycles. The Morgan fingerprint density at radius 1 is 1.07 bits per heavy atom. The number of benzene rings is 2. The number of thioether (sulfide) groups is 1. The summed E-state index contributed by atoms with van der Waals surface area (Å²) in [5.41, 5.74) is 3.55. The van der Waals surface area contributed by atoms with Gasteiger partial charge >= 0.3 is 0 Å². The Bertz CT molecular complexity index is 972. The molecule has 1 aliphatic rings. The Kier molecular flexibility index (Phi) is 5.73. The zero-order valence-electron chi connectivity index (χ0n) is 13.5. The summed E-state index contributed by atoms with van der Waals surface area (Å²) in [4.78, 5) is 35.9. The zero-order chi connectivity index (χ0) is 19.6. The highest BCUT2D eigenvalue weighted by atomic mass is 79.9. The fourth-order valence-electron chi connectivity index (χ4n) is 2.20. The summed E-state index contributed by atoms with van der Waals surface area (Å²) in [6.07, 6.45) is 1.57. The first kappa shape index (κ1) is 19.3. The third-order valence-electron chi connectivity index (χ3n) is 3.56. The fraction of sp³-hybridized carbons (Fsp3) is 0. The Balaban J connectivity index is 1.75. The van der Waals surface area contributed by atoms with E-state index in [0.717, 1.165) is 21.2 Å². The van der Waals surface area contributed by atoms with Crippen molar-refractivity contribution in [2.75, 3.05) is 0 Å². The van der Waals surface area contributed by atoms with Gasteiger partial charge in [0.25, 0.3) is 11.8 Å². The molecular formula is C18H10BrN2O4S2-. The van der Waals surface area contributed by atoms with E-state index in [0.29, 0.717) is 16.0 Å². The first-order valence-corrected chi connectivity index (χ1v) is 9.53. The van der Waals surface area contributed by atoms with Gasteiger partial charge in [0.05, 0.1) is 10.9 Å². The predicted octanol–water partition coefficient (Wildman–Crippen LogP) is 2.36. The van der Waals surface area contributed by atoms with Gasteiger partial charge in [-0.2, -0.15) is 5.01 Å². The molecule has 9 heteroatoms. The Labute approximate surface area is 172 Å². The molecule has 0 radical (unpaired) electrons. The van der Waals surface area contributed by atoms with E-state index in [1.807, 2.05) is 0 Å². The molecule has 0 aromatic heterocycles. The van der Waals surface area contributed by atoms with Crippen LogP contribution < -0.4 is 10.5 Å². The van der Waals surface area contributed by atoms with Gasteiger partial charge in [0.15, 0.2) is 4.32 Å². The lowest BCUT2D eigenvalue weighted by Gasteiger charge is -2.15. The van der Waals surface area contributed by atoms with Gasteiger partial charge in [-0.15, -0.1) is 0 Å². The number of aromatic carboxylic acids is 1. The number of nitrogens with one attached hydrogen (secondary N) is 1. The summed E-state index contributed by atoms with van der Waals surface area (Å²) in [6, 6.07) is 12.5. The molecule has 0 atom stereocenters. The number of halogens is 1. The molecule has 1 aliphatic heterocycles. The van der Waals surface area contributed by atoms with E-state index < -0.39 is 17.8 Å². The van der Waals surface area contributed by atoms with Crippen LogP contribution in [0.25, 0.3) is 6.08 Å². The molecule has 2 aromatic rings. The van der Waals surface area contributed by atoms with Gasteiger partial charge in [-0.25, -0.2) is 0 Å². The number of amides is 2. The maximum atomic E-state index is 12.5. The normalized spacial score (nSPS) is 15.3. The lowest BCUT2D eigenvalue weighted by Crippen LogP contribution is -2.44. The molecule has 1 N–H and O–H groups in total. The van der Waals surface area contributed by atoms with Gasteiger partial charge in [0.2, 0.25) is 0 Å². The van der Waals surface area contributed by atoms with Crippen LogP contribution in [0.5, 0.6) is 0 Å². The number of rotatable bonds is 4. The molecule has 27 heavy (non-hydrogen) atoms. The average molecular weight is 462 g/mol. The van der Waals surface area contributed by atoms with Crippen molar-refractivity contribution < 1.29 is 19.5 Å². The highest BCUT2D eigenvalue weighted by Gasteiger charge is 2.33. The first-order chi connectivity index (χ1) is 12.8. The highest BCUT2D eigenvalue weighted by Crippen LogP contribution is 2.31. The number of carboxylic acids is 1. The largest absolute Gasteiger partial charge is 0.545 e. The van der Waals surface area contributed by atoms with Crippen LogP contribution in [0.4, 0.5) is 0 Å². The van der Waals surface area contributed by atoms with Crippen molar-refractivity contribution in [3.8, 4) is 0 Å². The number of carbonyl (C=O) groups excluding carboxylic acids is 3. The number of nitrogens with zero attached hydrogens (tertiary/aromatic N) is 1. The summed E-state index contributed by atoms with van der Waals surface area (Å²) in [6.45, 7) is 0. The van der Waals surface area contributed by atoms with Crippen LogP contribution in [-0.2, 0) is 4.79 Å². The zero-order valence-corrected chi connectivity index (χ0v) is 16.7. The highest BCUT2D eigenvalue weighted by molar-refractivity contribution is 9.10. The standard InChI is InChI=1S/C18H11BrN2O4S2/c19-13-7-5-11(6-8-13)15(22)20-21-16(23)14(27-18(21)26)9-10-1-3-12(4-2-10)17(24)25/h1-9H,(H,20,22)(H,24,25)/p-1. The van der Waals surface area contributed by atoms with E-state index in [9.17, 15) is 19.5 Å². The van der Waals surface area contributed by atoms with E-state index in [1.54, 1.807) is 42.5 Å². The summed E-state index contributed by atoms with van der Waals surface area (Å²) in [5, 5.41) is 11.8. The average Bonchev–Trinajstić information content (AvgIpc) is 2.90. The number of carboxylic acid groups (broad SMARTS) is 1. The summed E-state index contributed by atoms with van der Waals surface area (Å²) in [5.74, 6) is -2.19. The van der Waals surface area contributed by atoms with Crippen LogP contribution >= 0.6 is 39.9 Å². The Morgan fingerprint density at radius 2 is 1.67 bits per heavy atom. The molecule has 0 spiro atoms. The van der Waals surface area contributed by atoms with E-state index in [4.69, 9.17) is 12.2 Å². The summed E-state index contributed by atoms with van der Waals surface area (Å²) >= 11 is 9.51. The van der Waals surface area contributed by atoms with Gasteiger partial charge in [-0.05, 0) is 53.7 Å². The van der Waals surface area contributed by atoms with E-state index in [-0.39, 0.29) is 9.88 Å². The summed E-state index contributed by atoms with van der Waals surface area (Å²) < 4.78 is 1.03. The van der Waals surface area contributed by atoms with Crippen molar-refractivity contribution in [2.24, 2.45) is 0 Å². The number of hydrazine groups is 1. The molecule has 6 nitrogen and oxygen atoms in total. The van der Waals surface area contributed by atoms with Crippen molar-refractivity contribution in [1.82, 2.24) is 10.4 Å². The monoisotopic (exact) mass is 461 g/mol. The number of carbonyl (C=O) groups is 3. The SMILES string of the molecule is O=C([O-])c1ccc(C=C2SC(=S)N(NC(=O)c3ccc(Br)cc3)C2=O)cc1. The second kappa shape index (κ2) is 8.03. The van der Waals surface area contributed by atoms with Gasteiger partial charge < -0.3 is 9.90 Å². The minimum absolute atomic E-state index is 0.0430. The van der Waals surface area contributed by atoms with Crippen LogP contribution in [0.2, 0.25) is 0 Å². The van der Waals surface area contributed by atoms with E-state index in [1.165, 1.54) is 12.1 Å². The van der Waals surface area contributed by atoms with Crippen molar-refractivity contribution in [1.29, 1.82) is 0 Å². The molecule has 1 saturated heterocycles. The van der Waals surface area contributed by atoms with E-state index in [2.05, 4.69) is 21.4 Å². The van der Waals surface area contributed by atoms with Crippen LogP contribution in [0, 0.1) is 0 Å². The van der Waals surface area contributed by atoms with Gasteiger partial charge in [0.1, 0.15) is 0 Å². The lowest BCUT2D eigenvalue weighted by atomic mass is 10.1. The lowest BCUT2D eigenvalue weighted by molar-refractivity contribution is -0.255.